The SMILES string of the molecule is O=C(CCc1ccc(Cl)cc1)Nc1ccccc1Br. The van der Waals surface area contributed by atoms with Gasteiger partial charge < -0.3 is 5.32 Å². The maximum atomic E-state index is 11.8. The number of rotatable bonds is 4. The van der Waals surface area contributed by atoms with Crippen LogP contribution in [-0.2, 0) is 11.2 Å². The molecule has 19 heavy (non-hydrogen) atoms. The van der Waals surface area contributed by atoms with Crippen LogP contribution < -0.4 is 5.32 Å². The highest BCUT2D eigenvalue weighted by Crippen LogP contribution is 2.21. The van der Waals surface area contributed by atoms with Crippen molar-refractivity contribution in [1.29, 1.82) is 0 Å². The van der Waals surface area contributed by atoms with Gasteiger partial charge in [-0.25, -0.2) is 0 Å². The van der Waals surface area contributed by atoms with Crippen molar-refractivity contribution >= 4 is 39.1 Å². The zero-order chi connectivity index (χ0) is 13.7. The molecular weight excluding hydrogens is 326 g/mol. The minimum Gasteiger partial charge on any atom is -0.325 e. The molecule has 1 amide bonds. The molecule has 2 rings (SSSR count). The van der Waals surface area contributed by atoms with Gasteiger partial charge >= 0.3 is 0 Å². The van der Waals surface area contributed by atoms with Crippen LogP contribution in [-0.4, -0.2) is 5.91 Å². The maximum Gasteiger partial charge on any atom is 0.224 e. The molecule has 0 bridgehead atoms. The van der Waals surface area contributed by atoms with Gasteiger partial charge in [-0.05, 0) is 52.2 Å². The monoisotopic (exact) mass is 337 g/mol. The van der Waals surface area contributed by atoms with Crippen molar-refractivity contribution in [2.24, 2.45) is 0 Å². The van der Waals surface area contributed by atoms with E-state index in [9.17, 15) is 4.79 Å². The fourth-order valence-corrected chi connectivity index (χ4v) is 2.19. The fourth-order valence-electron chi connectivity index (χ4n) is 1.68. The number of anilines is 1. The van der Waals surface area contributed by atoms with E-state index in [2.05, 4.69) is 21.2 Å². The van der Waals surface area contributed by atoms with Gasteiger partial charge in [0.15, 0.2) is 0 Å². The number of benzene rings is 2. The molecule has 0 saturated heterocycles. The van der Waals surface area contributed by atoms with Crippen LogP contribution in [0.5, 0.6) is 0 Å². The van der Waals surface area contributed by atoms with E-state index in [1.165, 1.54) is 0 Å². The standard InChI is InChI=1S/C15H13BrClNO/c16-13-3-1-2-4-14(13)18-15(19)10-7-11-5-8-12(17)9-6-11/h1-6,8-9H,7,10H2,(H,18,19). The van der Waals surface area contributed by atoms with E-state index >= 15 is 0 Å². The summed E-state index contributed by atoms with van der Waals surface area (Å²) in [5.74, 6) is 0.00171. The van der Waals surface area contributed by atoms with E-state index < -0.39 is 0 Å². The molecule has 2 nitrogen and oxygen atoms in total. The number of carbonyl (C=O) groups excluding carboxylic acids is 1. The smallest absolute Gasteiger partial charge is 0.224 e. The topological polar surface area (TPSA) is 29.1 Å². The first-order chi connectivity index (χ1) is 9.15. The van der Waals surface area contributed by atoms with Gasteiger partial charge in [0.2, 0.25) is 5.91 Å². The number of carbonyl (C=O) groups is 1. The van der Waals surface area contributed by atoms with Gasteiger partial charge in [0.1, 0.15) is 0 Å². The van der Waals surface area contributed by atoms with Gasteiger partial charge in [0.05, 0.1) is 5.69 Å². The summed E-state index contributed by atoms with van der Waals surface area (Å²) in [6, 6.07) is 15.1. The fraction of sp³-hybridized carbons (Fsp3) is 0.133. The molecule has 4 heteroatoms. The first kappa shape index (κ1) is 14.1. The Hall–Kier alpha value is -1.32. The number of hydrogen-bond donors (Lipinski definition) is 1. The van der Waals surface area contributed by atoms with Crippen molar-refractivity contribution in [2.75, 3.05) is 5.32 Å². The minimum absolute atomic E-state index is 0.00171. The number of amides is 1. The third kappa shape index (κ3) is 4.37. The van der Waals surface area contributed by atoms with Gasteiger partial charge in [-0.2, -0.15) is 0 Å². The quantitative estimate of drug-likeness (QED) is 0.862. The van der Waals surface area contributed by atoms with Crippen LogP contribution in [0.1, 0.15) is 12.0 Å². The molecule has 0 radical (unpaired) electrons. The van der Waals surface area contributed by atoms with E-state index in [0.717, 1.165) is 15.7 Å². The van der Waals surface area contributed by atoms with Crippen molar-refractivity contribution in [3.63, 3.8) is 0 Å². The second-order valence-corrected chi connectivity index (χ2v) is 5.45. The summed E-state index contributed by atoms with van der Waals surface area (Å²) in [5.41, 5.74) is 1.90. The highest BCUT2D eigenvalue weighted by Gasteiger charge is 2.05. The van der Waals surface area contributed by atoms with Crippen molar-refractivity contribution in [1.82, 2.24) is 0 Å². The molecule has 0 atom stereocenters. The van der Waals surface area contributed by atoms with Crippen LogP contribution in [0.15, 0.2) is 53.0 Å². The lowest BCUT2D eigenvalue weighted by Gasteiger charge is -2.07. The third-order valence-corrected chi connectivity index (χ3v) is 3.65. The number of para-hydroxylation sites is 1. The second-order valence-electron chi connectivity index (χ2n) is 4.15. The van der Waals surface area contributed by atoms with Crippen LogP contribution in [0.4, 0.5) is 5.69 Å². The molecular formula is C15H13BrClNO. The van der Waals surface area contributed by atoms with E-state index in [1.807, 2.05) is 48.5 Å². The highest BCUT2D eigenvalue weighted by molar-refractivity contribution is 9.10. The molecule has 0 heterocycles. The van der Waals surface area contributed by atoms with E-state index in [0.29, 0.717) is 17.9 Å². The first-order valence-electron chi connectivity index (χ1n) is 5.94. The van der Waals surface area contributed by atoms with Crippen molar-refractivity contribution in [2.45, 2.75) is 12.8 Å². The van der Waals surface area contributed by atoms with Crippen LogP contribution in [0.2, 0.25) is 5.02 Å². The predicted octanol–water partition coefficient (Wildman–Crippen LogP) is 4.67. The average Bonchev–Trinajstić information content (AvgIpc) is 2.41. The number of nitrogens with one attached hydrogen (secondary N) is 1. The van der Waals surface area contributed by atoms with Crippen molar-refractivity contribution < 1.29 is 4.79 Å². The molecule has 0 aromatic heterocycles. The summed E-state index contributed by atoms with van der Waals surface area (Å²) in [6.07, 6.45) is 1.15. The lowest BCUT2D eigenvalue weighted by Crippen LogP contribution is -2.12. The molecule has 1 N–H and O–H groups in total. The van der Waals surface area contributed by atoms with E-state index in [-0.39, 0.29) is 5.91 Å². The van der Waals surface area contributed by atoms with Gasteiger partial charge in [0, 0.05) is 15.9 Å². The van der Waals surface area contributed by atoms with Gasteiger partial charge in [0.25, 0.3) is 0 Å². The normalized spacial score (nSPS) is 10.2. The van der Waals surface area contributed by atoms with Gasteiger partial charge in [-0.1, -0.05) is 35.9 Å². The molecule has 0 fully saturated rings. The second kappa shape index (κ2) is 6.73. The molecule has 2 aromatic rings. The van der Waals surface area contributed by atoms with Gasteiger partial charge in [-0.3, -0.25) is 4.79 Å². The molecule has 0 unspecified atom stereocenters. The summed E-state index contributed by atoms with van der Waals surface area (Å²) in [6.45, 7) is 0. The lowest BCUT2D eigenvalue weighted by atomic mass is 10.1. The predicted molar refractivity (Wildman–Crippen MR) is 82.5 cm³/mol. The Bertz CT molecular complexity index is 569. The summed E-state index contributed by atoms with van der Waals surface area (Å²) >= 11 is 9.21. The Labute approximate surface area is 125 Å². The van der Waals surface area contributed by atoms with Crippen LogP contribution in [0, 0.1) is 0 Å². The summed E-state index contributed by atoms with van der Waals surface area (Å²) in [7, 11) is 0. The summed E-state index contributed by atoms with van der Waals surface area (Å²) in [4.78, 5) is 11.8. The highest BCUT2D eigenvalue weighted by atomic mass is 79.9. The largest absolute Gasteiger partial charge is 0.325 e. The zero-order valence-corrected chi connectivity index (χ0v) is 12.5. The van der Waals surface area contributed by atoms with Gasteiger partial charge in [-0.15, -0.1) is 0 Å². The molecule has 0 aliphatic carbocycles. The Balaban J connectivity index is 1.88. The Morgan fingerprint density at radius 1 is 1.11 bits per heavy atom. The number of aryl methyl sites for hydroxylation is 1. The van der Waals surface area contributed by atoms with Crippen molar-refractivity contribution in [3.8, 4) is 0 Å². The van der Waals surface area contributed by atoms with E-state index in [1.54, 1.807) is 0 Å². The zero-order valence-electron chi connectivity index (χ0n) is 10.2. The van der Waals surface area contributed by atoms with Crippen molar-refractivity contribution in [3.05, 3.63) is 63.6 Å². The summed E-state index contributed by atoms with van der Waals surface area (Å²) in [5, 5.41) is 3.59. The van der Waals surface area contributed by atoms with Crippen LogP contribution in [0.3, 0.4) is 0 Å². The maximum absolute atomic E-state index is 11.8. The molecule has 0 saturated carbocycles. The summed E-state index contributed by atoms with van der Waals surface area (Å²) < 4.78 is 0.884. The number of halogens is 2. The molecule has 2 aromatic carbocycles. The Morgan fingerprint density at radius 3 is 2.47 bits per heavy atom. The molecule has 98 valence electrons. The average molecular weight is 339 g/mol. The van der Waals surface area contributed by atoms with Crippen LogP contribution >= 0.6 is 27.5 Å². The Morgan fingerprint density at radius 2 is 1.79 bits per heavy atom. The molecule has 0 aliphatic rings. The first-order valence-corrected chi connectivity index (χ1v) is 7.11. The molecule has 0 aliphatic heterocycles. The minimum atomic E-state index is 0.00171. The number of hydrogen-bond acceptors (Lipinski definition) is 1. The molecule has 0 spiro atoms. The Kier molecular flexibility index (Phi) is 5.00. The lowest BCUT2D eigenvalue weighted by molar-refractivity contribution is -0.116. The van der Waals surface area contributed by atoms with Crippen LogP contribution in [0.25, 0.3) is 0 Å². The van der Waals surface area contributed by atoms with E-state index in [4.69, 9.17) is 11.6 Å². The third-order valence-electron chi connectivity index (χ3n) is 2.70.